The van der Waals surface area contributed by atoms with Crippen LogP contribution in [0.3, 0.4) is 0 Å². The second-order valence-corrected chi connectivity index (χ2v) is 7.88. The second kappa shape index (κ2) is 8.41. The molecular formula is C23H27FN2O2. The number of carbonyl (C=O) groups is 1. The van der Waals surface area contributed by atoms with Gasteiger partial charge in [0.2, 0.25) is 5.91 Å². The molecule has 5 heteroatoms. The average Bonchev–Trinajstić information content (AvgIpc) is 3.04. The number of para-hydroxylation sites is 1. The summed E-state index contributed by atoms with van der Waals surface area (Å²) in [6, 6.07) is 14.2. The van der Waals surface area contributed by atoms with E-state index in [1.807, 2.05) is 29.2 Å². The number of benzene rings is 2. The maximum Gasteiger partial charge on any atom is 0.231 e. The number of aliphatic hydroxyl groups is 1. The smallest absolute Gasteiger partial charge is 0.231 e. The van der Waals surface area contributed by atoms with Gasteiger partial charge in [0.1, 0.15) is 5.82 Å². The quantitative estimate of drug-likeness (QED) is 0.831. The van der Waals surface area contributed by atoms with Crippen molar-refractivity contribution in [3.05, 3.63) is 65.5 Å². The minimum atomic E-state index is -0.526. The van der Waals surface area contributed by atoms with Gasteiger partial charge in [-0.15, -0.1) is 0 Å². The highest BCUT2D eigenvalue weighted by Crippen LogP contribution is 2.31. The summed E-state index contributed by atoms with van der Waals surface area (Å²) in [4.78, 5) is 16.6. The Morgan fingerprint density at radius 1 is 1.04 bits per heavy atom. The number of carbonyl (C=O) groups excluding carboxylic acids is 1. The maximum absolute atomic E-state index is 13.1. The fourth-order valence-electron chi connectivity index (χ4n) is 4.44. The van der Waals surface area contributed by atoms with E-state index in [0.717, 1.165) is 62.3 Å². The summed E-state index contributed by atoms with van der Waals surface area (Å²) in [5.74, 6) is 0.140. The summed E-state index contributed by atoms with van der Waals surface area (Å²) in [5, 5.41) is 10.6. The van der Waals surface area contributed by atoms with Crippen LogP contribution in [0.1, 0.15) is 36.5 Å². The van der Waals surface area contributed by atoms with Crippen LogP contribution in [0.4, 0.5) is 10.1 Å². The lowest BCUT2D eigenvalue weighted by Gasteiger charge is -2.34. The molecule has 148 valence electrons. The molecule has 0 aliphatic carbocycles. The van der Waals surface area contributed by atoms with Gasteiger partial charge in [0.05, 0.1) is 12.5 Å². The van der Waals surface area contributed by atoms with E-state index in [0.29, 0.717) is 6.42 Å². The molecule has 2 aromatic rings. The lowest BCUT2D eigenvalue weighted by atomic mass is 9.87. The number of halogens is 1. The molecule has 0 aromatic heterocycles. The van der Waals surface area contributed by atoms with Gasteiger partial charge in [-0.3, -0.25) is 4.79 Å². The van der Waals surface area contributed by atoms with Gasteiger partial charge < -0.3 is 14.9 Å². The van der Waals surface area contributed by atoms with E-state index in [2.05, 4.69) is 4.90 Å². The van der Waals surface area contributed by atoms with E-state index in [4.69, 9.17) is 0 Å². The first-order chi connectivity index (χ1) is 13.6. The number of rotatable bonds is 6. The van der Waals surface area contributed by atoms with Crippen LogP contribution in [-0.2, 0) is 11.2 Å². The summed E-state index contributed by atoms with van der Waals surface area (Å²) < 4.78 is 13.1. The molecule has 2 aromatic carbocycles. The van der Waals surface area contributed by atoms with E-state index in [9.17, 15) is 14.3 Å². The van der Waals surface area contributed by atoms with Gasteiger partial charge in [-0.1, -0.05) is 30.3 Å². The number of hydrogen-bond acceptors (Lipinski definition) is 3. The summed E-state index contributed by atoms with van der Waals surface area (Å²) in [5.41, 5.74) is 2.99. The summed E-state index contributed by atoms with van der Waals surface area (Å²) in [6.45, 7) is 3.63. The largest absolute Gasteiger partial charge is 0.388 e. The first-order valence-corrected chi connectivity index (χ1v) is 10.2. The Kier molecular flexibility index (Phi) is 5.74. The zero-order valence-corrected chi connectivity index (χ0v) is 16.1. The van der Waals surface area contributed by atoms with Crippen molar-refractivity contribution in [2.45, 2.75) is 31.8 Å². The first-order valence-electron chi connectivity index (χ1n) is 10.2. The van der Waals surface area contributed by atoms with Gasteiger partial charge >= 0.3 is 0 Å². The Labute approximate surface area is 165 Å². The van der Waals surface area contributed by atoms with E-state index in [1.54, 1.807) is 12.1 Å². The zero-order chi connectivity index (χ0) is 19.5. The third-order valence-corrected chi connectivity index (χ3v) is 6.07. The van der Waals surface area contributed by atoms with Crippen molar-refractivity contribution < 1.29 is 14.3 Å². The van der Waals surface area contributed by atoms with Crippen LogP contribution in [-0.4, -0.2) is 42.1 Å². The molecule has 0 saturated carbocycles. The molecule has 2 heterocycles. The van der Waals surface area contributed by atoms with Gasteiger partial charge in [0.25, 0.3) is 0 Å². The number of piperidine rings is 1. The van der Waals surface area contributed by atoms with Gasteiger partial charge in [0.15, 0.2) is 0 Å². The predicted molar refractivity (Wildman–Crippen MR) is 108 cm³/mol. The molecule has 2 aliphatic rings. The summed E-state index contributed by atoms with van der Waals surface area (Å²) >= 11 is 0. The lowest BCUT2D eigenvalue weighted by molar-refractivity contribution is -0.117. The number of fused-ring (bicyclic) bond motifs is 1. The first kappa shape index (κ1) is 19.1. The van der Waals surface area contributed by atoms with Gasteiger partial charge in [-0.25, -0.2) is 4.39 Å². The molecule has 0 bridgehead atoms. The fourth-order valence-corrected chi connectivity index (χ4v) is 4.44. The Balaban J connectivity index is 1.23. The Morgan fingerprint density at radius 3 is 2.50 bits per heavy atom. The molecule has 0 radical (unpaired) electrons. The standard InChI is InChI=1S/C23H27FN2O2/c24-20-8-6-17(7-9-20)23(28)18-10-14-25(15-11-18)12-3-13-26-21-5-2-1-4-19(21)16-22(26)27/h1-2,4-9,18,23,28H,3,10-16H2. The molecule has 1 unspecified atom stereocenters. The SMILES string of the molecule is O=C1Cc2ccccc2N1CCCN1CCC(C(O)c2ccc(F)cc2)CC1. The molecule has 0 spiro atoms. The number of anilines is 1. The van der Waals surface area contributed by atoms with Crippen molar-refractivity contribution in [2.75, 3.05) is 31.1 Å². The van der Waals surface area contributed by atoms with Crippen LogP contribution in [0, 0.1) is 11.7 Å². The van der Waals surface area contributed by atoms with Crippen molar-refractivity contribution in [3.8, 4) is 0 Å². The lowest BCUT2D eigenvalue weighted by Crippen LogP contribution is -2.38. The average molecular weight is 382 g/mol. The molecule has 4 nitrogen and oxygen atoms in total. The normalized spacial score (nSPS) is 19.1. The number of nitrogens with zero attached hydrogens (tertiary/aromatic N) is 2. The molecule has 1 amide bonds. The Bertz CT molecular complexity index is 816. The van der Waals surface area contributed by atoms with Gasteiger partial charge in [-0.05, 0) is 74.1 Å². The van der Waals surface area contributed by atoms with Crippen LogP contribution in [0.5, 0.6) is 0 Å². The summed E-state index contributed by atoms with van der Waals surface area (Å²) in [7, 11) is 0. The third kappa shape index (κ3) is 4.10. The fraction of sp³-hybridized carbons (Fsp3) is 0.435. The molecule has 1 fully saturated rings. The van der Waals surface area contributed by atoms with Crippen molar-refractivity contribution in [1.29, 1.82) is 0 Å². The topological polar surface area (TPSA) is 43.8 Å². The number of hydrogen-bond donors (Lipinski definition) is 1. The van der Waals surface area contributed by atoms with Crippen LogP contribution >= 0.6 is 0 Å². The van der Waals surface area contributed by atoms with Crippen LogP contribution in [0.15, 0.2) is 48.5 Å². The number of amides is 1. The molecule has 1 N–H and O–H groups in total. The van der Waals surface area contributed by atoms with Crippen LogP contribution in [0.2, 0.25) is 0 Å². The minimum Gasteiger partial charge on any atom is -0.388 e. The molecule has 1 saturated heterocycles. The van der Waals surface area contributed by atoms with Gasteiger partial charge in [0, 0.05) is 12.2 Å². The molecule has 4 rings (SSSR count). The predicted octanol–water partition coefficient (Wildman–Crippen LogP) is 3.55. The van der Waals surface area contributed by atoms with Crippen molar-refractivity contribution >= 4 is 11.6 Å². The Morgan fingerprint density at radius 2 is 1.75 bits per heavy atom. The van der Waals surface area contributed by atoms with E-state index in [-0.39, 0.29) is 17.6 Å². The molecule has 2 aliphatic heterocycles. The molecular weight excluding hydrogens is 355 g/mol. The Hall–Kier alpha value is -2.24. The molecule has 28 heavy (non-hydrogen) atoms. The van der Waals surface area contributed by atoms with Crippen molar-refractivity contribution in [2.24, 2.45) is 5.92 Å². The highest BCUT2D eigenvalue weighted by Gasteiger charge is 2.28. The third-order valence-electron chi connectivity index (χ3n) is 6.07. The van der Waals surface area contributed by atoms with E-state index >= 15 is 0 Å². The number of aliphatic hydroxyl groups excluding tert-OH is 1. The van der Waals surface area contributed by atoms with E-state index < -0.39 is 6.10 Å². The highest BCUT2D eigenvalue weighted by atomic mass is 19.1. The van der Waals surface area contributed by atoms with Crippen LogP contribution in [0.25, 0.3) is 0 Å². The van der Waals surface area contributed by atoms with E-state index in [1.165, 1.54) is 12.1 Å². The number of likely N-dealkylation sites (tertiary alicyclic amines) is 1. The molecule has 1 atom stereocenters. The van der Waals surface area contributed by atoms with Crippen molar-refractivity contribution in [1.82, 2.24) is 4.90 Å². The van der Waals surface area contributed by atoms with Crippen molar-refractivity contribution in [3.63, 3.8) is 0 Å². The van der Waals surface area contributed by atoms with Crippen LogP contribution < -0.4 is 4.90 Å². The highest BCUT2D eigenvalue weighted by molar-refractivity contribution is 6.01. The minimum absolute atomic E-state index is 0.197. The second-order valence-electron chi connectivity index (χ2n) is 7.88. The monoisotopic (exact) mass is 382 g/mol. The van der Waals surface area contributed by atoms with Gasteiger partial charge in [-0.2, -0.15) is 0 Å². The maximum atomic E-state index is 13.1. The summed E-state index contributed by atoms with van der Waals surface area (Å²) in [6.07, 6.45) is 2.81. The zero-order valence-electron chi connectivity index (χ0n) is 16.1.